The van der Waals surface area contributed by atoms with Crippen LogP contribution in [0.4, 0.5) is 11.4 Å². The Morgan fingerprint density at radius 1 is 0.826 bits per heavy atom. The molecule has 0 saturated carbocycles. The summed E-state index contributed by atoms with van der Waals surface area (Å²) in [5.74, 6) is 0.0771. The maximum absolute atomic E-state index is 13.6. The molecule has 4 aromatic rings. The highest BCUT2D eigenvalue weighted by molar-refractivity contribution is 8.00. The summed E-state index contributed by atoms with van der Waals surface area (Å²) >= 11 is 7.51. The van der Waals surface area contributed by atoms with Gasteiger partial charge in [0.25, 0.3) is 11.8 Å². The van der Waals surface area contributed by atoms with E-state index in [0.29, 0.717) is 44.8 Å². The molecule has 0 bridgehead atoms. The minimum atomic E-state index is -0.563. The molecular formula is C35H34ClN3O6S. The lowest BCUT2D eigenvalue weighted by atomic mass is 10.1. The predicted octanol–water partition coefficient (Wildman–Crippen LogP) is 7.20. The highest BCUT2D eigenvalue weighted by Gasteiger charge is 2.20. The quantitative estimate of drug-likeness (QED) is 0.109. The van der Waals surface area contributed by atoms with Crippen LogP contribution in [0.3, 0.4) is 0 Å². The maximum Gasteiger partial charge on any atom is 0.272 e. The summed E-state index contributed by atoms with van der Waals surface area (Å²) < 4.78 is 16.3. The number of anilines is 2. The monoisotopic (exact) mass is 659 g/mol. The van der Waals surface area contributed by atoms with Crippen molar-refractivity contribution in [2.45, 2.75) is 24.0 Å². The number of ether oxygens (including phenoxy) is 3. The van der Waals surface area contributed by atoms with E-state index in [4.69, 9.17) is 25.8 Å². The molecule has 4 aromatic carbocycles. The minimum absolute atomic E-state index is 0.0154. The van der Waals surface area contributed by atoms with Gasteiger partial charge >= 0.3 is 0 Å². The first kappa shape index (κ1) is 34.0. The van der Waals surface area contributed by atoms with Crippen LogP contribution < -0.4 is 30.2 Å². The van der Waals surface area contributed by atoms with Gasteiger partial charge in [0.2, 0.25) is 5.91 Å². The molecule has 9 nitrogen and oxygen atoms in total. The molecular weight excluding hydrogens is 626 g/mol. The van der Waals surface area contributed by atoms with Crippen molar-refractivity contribution in [1.82, 2.24) is 5.32 Å². The van der Waals surface area contributed by atoms with Gasteiger partial charge in [-0.2, -0.15) is 0 Å². The fourth-order valence-electron chi connectivity index (χ4n) is 4.39. The second-order valence-corrected chi connectivity index (χ2v) is 11.8. The van der Waals surface area contributed by atoms with E-state index >= 15 is 0 Å². The smallest absolute Gasteiger partial charge is 0.272 e. The summed E-state index contributed by atoms with van der Waals surface area (Å²) in [5.41, 5.74) is 2.69. The van der Waals surface area contributed by atoms with Gasteiger partial charge in [-0.25, -0.2) is 0 Å². The van der Waals surface area contributed by atoms with Crippen molar-refractivity contribution in [3.63, 3.8) is 0 Å². The van der Waals surface area contributed by atoms with E-state index in [9.17, 15) is 14.4 Å². The Morgan fingerprint density at radius 3 is 2.24 bits per heavy atom. The number of thioether (sulfide) groups is 1. The first-order valence-corrected chi connectivity index (χ1v) is 15.4. The van der Waals surface area contributed by atoms with Crippen LogP contribution in [-0.4, -0.2) is 44.3 Å². The normalized spacial score (nSPS) is 11.7. The summed E-state index contributed by atoms with van der Waals surface area (Å²) in [6.45, 7) is 3.62. The number of carbonyl (C=O) groups is 3. The molecule has 3 N–H and O–H groups in total. The summed E-state index contributed by atoms with van der Waals surface area (Å²) in [4.78, 5) is 40.5. The van der Waals surface area contributed by atoms with Crippen molar-refractivity contribution in [1.29, 1.82) is 0 Å². The van der Waals surface area contributed by atoms with E-state index in [-0.39, 0.29) is 11.6 Å². The Morgan fingerprint density at radius 2 is 1.54 bits per heavy atom. The first-order chi connectivity index (χ1) is 22.1. The number of amides is 3. The van der Waals surface area contributed by atoms with Gasteiger partial charge in [0.15, 0.2) is 11.5 Å². The zero-order valence-electron chi connectivity index (χ0n) is 26.0. The third-order valence-corrected chi connectivity index (χ3v) is 8.28. The summed E-state index contributed by atoms with van der Waals surface area (Å²) in [5, 5.41) is 8.54. The lowest BCUT2D eigenvalue weighted by molar-refractivity contribution is -0.115. The lowest BCUT2D eigenvalue weighted by Gasteiger charge is -2.16. The number of rotatable bonds is 12. The van der Waals surface area contributed by atoms with Crippen LogP contribution in [0.25, 0.3) is 6.08 Å². The molecule has 0 aliphatic carbocycles. The second-order valence-electron chi connectivity index (χ2n) is 9.99. The Labute approximate surface area is 277 Å². The molecule has 0 aliphatic heterocycles. The minimum Gasteiger partial charge on any atom is -0.495 e. The van der Waals surface area contributed by atoms with Crippen LogP contribution in [0.5, 0.6) is 17.2 Å². The van der Waals surface area contributed by atoms with Crippen molar-refractivity contribution >= 4 is 58.5 Å². The Kier molecular flexibility index (Phi) is 11.7. The molecule has 11 heteroatoms. The van der Waals surface area contributed by atoms with E-state index in [2.05, 4.69) is 16.0 Å². The van der Waals surface area contributed by atoms with Gasteiger partial charge in [-0.3, -0.25) is 14.4 Å². The average molecular weight is 660 g/mol. The van der Waals surface area contributed by atoms with E-state index in [1.54, 1.807) is 85.8 Å². The van der Waals surface area contributed by atoms with Crippen molar-refractivity contribution in [2.75, 3.05) is 32.0 Å². The number of carbonyl (C=O) groups excluding carboxylic acids is 3. The fourth-order valence-corrected chi connectivity index (χ4v) is 5.47. The number of aryl methyl sites for hydroxylation is 1. The molecule has 46 heavy (non-hydrogen) atoms. The number of hydrogen-bond donors (Lipinski definition) is 3. The second kappa shape index (κ2) is 15.9. The number of halogens is 1. The lowest BCUT2D eigenvalue weighted by Crippen LogP contribution is -2.30. The van der Waals surface area contributed by atoms with Crippen LogP contribution in [0, 0.1) is 6.92 Å². The van der Waals surface area contributed by atoms with Crippen LogP contribution >= 0.6 is 23.4 Å². The number of nitrogens with one attached hydrogen (secondary N) is 3. The molecule has 3 amide bonds. The Balaban J connectivity index is 1.54. The Hall–Kier alpha value is -4.93. The topological polar surface area (TPSA) is 115 Å². The van der Waals surface area contributed by atoms with Gasteiger partial charge in [-0.05, 0) is 68.0 Å². The zero-order valence-corrected chi connectivity index (χ0v) is 27.5. The van der Waals surface area contributed by atoms with Crippen molar-refractivity contribution < 1.29 is 28.6 Å². The van der Waals surface area contributed by atoms with Gasteiger partial charge in [0, 0.05) is 32.8 Å². The van der Waals surface area contributed by atoms with Gasteiger partial charge in [-0.15, -0.1) is 11.8 Å². The summed E-state index contributed by atoms with van der Waals surface area (Å²) in [7, 11) is 4.52. The predicted molar refractivity (Wildman–Crippen MR) is 183 cm³/mol. The van der Waals surface area contributed by atoms with Crippen LogP contribution in [0.1, 0.15) is 28.4 Å². The highest BCUT2D eigenvalue weighted by Crippen LogP contribution is 2.34. The third kappa shape index (κ3) is 8.62. The van der Waals surface area contributed by atoms with Crippen LogP contribution in [0.2, 0.25) is 5.02 Å². The maximum atomic E-state index is 13.6. The first-order valence-electron chi connectivity index (χ1n) is 14.2. The van der Waals surface area contributed by atoms with Gasteiger partial charge in [0.1, 0.15) is 11.4 Å². The highest BCUT2D eigenvalue weighted by atomic mass is 35.5. The van der Waals surface area contributed by atoms with Crippen molar-refractivity contribution in [3.8, 4) is 17.2 Å². The van der Waals surface area contributed by atoms with Crippen molar-refractivity contribution in [2.24, 2.45) is 0 Å². The molecule has 1 unspecified atom stereocenters. The van der Waals surface area contributed by atoms with E-state index in [1.165, 1.54) is 39.2 Å². The van der Waals surface area contributed by atoms with E-state index in [0.717, 1.165) is 10.5 Å². The summed E-state index contributed by atoms with van der Waals surface area (Å²) in [6, 6.07) is 24.3. The van der Waals surface area contributed by atoms with E-state index < -0.39 is 17.1 Å². The molecule has 238 valence electrons. The largest absolute Gasteiger partial charge is 0.495 e. The molecule has 0 fully saturated rings. The molecule has 1 atom stereocenters. The van der Waals surface area contributed by atoms with Gasteiger partial charge < -0.3 is 30.2 Å². The SMILES string of the molecule is COc1cc(Cl)c(C)cc1NC(=O)C(C)Sc1cccc(NC(=O)/C(=C\c2cccc(OC)c2OC)NC(=O)c2ccccc2)c1. The van der Waals surface area contributed by atoms with Gasteiger partial charge in [-0.1, -0.05) is 48.0 Å². The average Bonchev–Trinajstić information content (AvgIpc) is 3.06. The van der Waals surface area contributed by atoms with E-state index in [1.807, 2.05) is 13.0 Å². The molecule has 0 aliphatic rings. The number of methoxy groups -OCH3 is 3. The number of benzene rings is 4. The molecule has 0 aromatic heterocycles. The van der Waals surface area contributed by atoms with Crippen LogP contribution in [0.15, 0.2) is 95.5 Å². The van der Waals surface area contributed by atoms with Crippen LogP contribution in [-0.2, 0) is 9.59 Å². The Bertz CT molecular complexity index is 1760. The zero-order chi connectivity index (χ0) is 33.2. The molecule has 0 heterocycles. The van der Waals surface area contributed by atoms with Gasteiger partial charge in [0.05, 0.1) is 32.3 Å². The molecule has 0 saturated heterocycles. The third-order valence-electron chi connectivity index (χ3n) is 6.77. The molecule has 0 radical (unpaired) electrons. The number of para-hydroxylation sites is 1. The van der Waals surface area contributed by atoms with Crippen molar-refractivity contribution in [3.05, 3.63) is 112 Å². The molecule has 4 rings (SSSR count). The molecule has 0 spiro atoms. The summed E-state index contributed by atoms with van der Waals surface area (Å²) in [6.07, 6.45) is 1.52. The number of hydrogen-bond acceptors (Lipinski definition) is 7. The standard InChI is InChI=1S/C35H34ClN3O6S/c1-21-17-28(31(44-4)20-27(21)36)38-33(40)22(2)46-26-15-10-14-25(19-26)37-35(42)29(39-34(41)23-11-7-6-8-12-23)18-24-13-9-16-30(43-3)32(24)45-5/h6-20,22H,1-5H3,(H,37,42)(H,38,40)(H,39,41)/b29-18+. The fraction of sp³-hybridized carbons (Fsp3) is 0.171.